The van der Waals surface area contributed by atoms with E-state index < -0.39 is 0 Å². The quantitative estimate of drug-likeness (QED) is 0.463. The van der Waals surface area contributed by atoms with E-state index in [0.29, 0.717) is 17.0 Å². The number of thioether (sulfide) groups is 1. The van der Waals surface area contributed by atoms with E-state index in [0.717, 1.165) is 33.7 Å². The lowest BCUT2D eigenvalue weighted by atomic mass is 10.1. The average molecular weight is 394 g/mol. The number of rotatable bonds is 7. The summed E-state index contributed by atoms with van der Waals surface area (Å²) in [5.41, 5.74) is 3.29. The number of aromatic nitrogens is 1. The molecule has 6 heteroatoms. The van der Waals surface area contributed by atoms with E-state index >= 15 is 0 Å². The van der Waals surface area contributed by atoms with E-state index in [1.54, 1.807) is 31.4 Å². The third-order valence-corrected chi connectivity index (χ3v) is 5.34. The fraction of sp³-hybridized carbons (Fsp3) is 0.227. The van der Waals surface area contributed by atoms with Gasteiger partial charge in [-0.3, -0.25) is 9.59 Å². The SMILES string of the molecule is CCc1cc2cc(OC)ccc2nc1SCC(=O)c1ccc(NC(C)=O)cc1. The van der Waals surface area contributed by atoms with Crippen LogP contribution >= 0.6 is 11.8 Å². The number of nitrogens with one attached hydrogen (secondary N) is 1. The Morgan fingerprint density at radius 3 is 2.50 bits per heavy atom. The highest BCUT2D eigenvalue weighted by atomic mass is 32.2. The first kappa shape index (κ1) is 19.9. The zero-order valence-corrected chi connectivity index (χ0v) is 16.9. The number of pyridine rings is 1. The van der Waals surface area contributed by atoms with Gasteiger partial charge in [-0.2, -0.15) is 0 Å². The van der Waals surface area contributed by atoms with Crippen molar-refractivity contribution >= 4 is 40.0 Å². The molecule has 0 fully saturated rings. The summed E-state index contributed by atoms with van der Waals surface area (Å²) in [5.74, 6) is 0.996. The molecular weight excluding hydrogens is 372 g/mol. The Balaban J connectivity index is 1.75. The molecule has 0 radical (unpaired) electrons. The minimum atomic E-state index is -0.137. The fourth-order valence-corrected chi connectivity index (χ4v) is 3.83. The zero-order chi connectivity index (χ0) is 20.1. The van der Waals surface area contributed by atoms with Crippen LogP contribution in [0.1, 0.15) is 29.8 Å². The van der Waals surface area contributed by atoms with Crippen molar-refractivity contribution in [2.75, 3.05) is 18.2 Å². The van der Waals surface area contributed by atoms with Crippen LogP contribution in [0.4, 0.5) is 5.69 Å². The van der Waals surface area contributed by atoms with E-state index in [1.165, 1.54) is 18.7 Å². The minimum Gasteiger partial charge on any atom is -0.497 e. The second-order valence-electron chi connectivity index (χ2n) is 6.34. The molecule has 1 heterocycles. The third-order valence-electron chi connectivity index (χ3n) is 4.31. The highest BCUT2D eigenvalue weighted by Crippen LogP contribution is 2.28. The van der Waals surface area contributed by atoms with Crippen molar-refractivity contribution < 1.29 is 14.3 Å². The molecule has 0 spiro atoms. The van der Waals surface area contributed by atoms with Gasteiger partial charge in [0.2, 0.25) is 5.91 Å². The molecule has 2 aromatic carbocycles. The molecule has 3 aromatic rings. The number of amides is 1. The minimum absolute atomic E-state index is 0.0260. The molecule has 3 rings (SSSR count). The van der Waals surface area contributed by atoms with Crippen molar-refractivity contribution in [1.82, 2.24) is 4.98 Å². The number of carbonyl (C=O) groups excluding carboxylic acids is 2. The van der Waals surface area contributed by atoms with E-state index in [2.05, 4.69) is 18.3 Å². The summed E-state index contributed by atoms with van der Waals surface area (Å²) >= 11 is 1.45. The first-order valence-corrected chi connectivity index (χ1v) is 10.00. The summed E-state index contributed by atoms with van der Waals surface area (Å²) in [6.45, 7) is 3.53. The average Bonchev–Trinajstić information content (AvgIpc) is 2.70. The number of Topliss-reactive ketones (excluding diaryl/α,β-unsaturated/α-hetero) is 1. The Bertz CT molecular complexity index is 1020. The Morgan fingerprint density at radius 1 is 1.11 bits per heavy atom. The maximum atomic E-state index is 12.5. The van der Waals surface area contributed by atoms with Crippen LogP contribution in [0.5, 0.6) is 5.75 Å². The first-order valence-electron chi connectivity index (χ1n) is 9.01. The fourth-order valence-electron chi connectivity index (χ4n) is 2.85. The molecule has 1 aromatic heterocycles. The molecule has 0 saturated carbocycles. The molecule has 0 saturated heterocycles. The molecule has 0 atom stereocenters. The van der Waals surface area contributed by atoms with Gasteiger partial charge in [0, 0.05) is 23.6 Å². The van der Waals surface area contributed by atoms with Crippen LogP contribution in [0.15, 0.2) is 53.6 Å². The predicted molar refractivity (Wildman–Crippen MR) is 113 cm³/mol. The topological polar surface area (TPSA) is 68.3 Å². The second-order valence-corrected chi connectivity index (χ2v) is 7.30. The van der Waals surface area contributed by atoms with Crippen LogP contribution < -0.4 is 10.1 Å². The van der Waals surface area contributed by atoms with Crippen LogP contribution in [0.2, 0.25) is 0 Å². The first-order chi connectivity index (χ1) is 13.5. The number of ketones is 1. The molecular formula is C22H22N2O3S. The molecule has 1 amide bonds. The second kappa shape index (κ2) is 8.89. The largest absolute Gasteiger partial charge is 0.497 e. The molecule has 0 aliphatic carbocycles. The van der Waals surface area contributed by atoms with Crippen molar-refractivity contribution in [2.24, 2.45) is 0 Å². The number of hydrogen-bond donors (Lipinski definition) is 1. The lowest BCUT2D eigenvalue weighted by molar-refractivity contribution is -0.114. The molecule has 0 aliphatic heterocycles. The van der Waals surface area contributed by atoms with Crippen LogP contribution in [0.3, 0.4) is 0 Å². The maximum absolute atomic E-state index is 12.5. The smallest absolute Gasteiger partial charge is 0.221 e. The van der Waals surface area contributed by atoms with Crippen molar-refractivity contribution in [3.8, 4) is 5.75 Å². The molecule has 0 unspecified atom stereocenters. The molecule has 1 N–H and O–H groups in total. The van der Waals surface area contributed by atoms with E-state index in [-0.39, 0.29) is 11.7 Å². The lowest BCUT2D eigenvalue weighted by Crippen LogP contribution is -2.07. The van der Waals surface area contributed by atoms with Crippen LogP contribution in [-0.2, 0) is 11.2 Å². The van der Waals surface area contributed by atoms with Crippen LogP contribution in [-0.4, -0.2) is 29.5 Å². The van der Waals surface area contributed by atoms with Crippen molar-refractivity contribution in [2.45, 2.75) is 25.3 Å². The van der Waals surface area contributed by atoms with Gasteiger partial charge in [0.15, 0.2) is 5.78 Å². The molecule has 0 bridgehead atoms. The summed E-state index contributed by atoms with van der Waals surface area (Å²) in [4.78, 5) is 28.4. The van der Waals surface area contributed by atoms with Crippen LogP contribution in [0, 0.1) is 0 Å². The Labute approximate surface area is 168 Å². The Morgan fingerprint density at radius 2 is 1.86 bits per heavy atom. The van der Waals surface area contributed by atoms with Gasteiger partial charge < -0.3 is 10.1 Å². The van der Waals surface area contributed by atoms with Crippen LogP contribution in [0.25, 0.3) is 10.9 Å². The Kier molecular flexibility index (Phi) is 6.31. The monoisotopic (exact) mass is 394 g/mol. The predicted octanol–water partition coefficient (Wildman–Crippen LogP) is 4.74. The number of carbonyl (C=O) groups is 2. The number of aryl methyl sites for hydroxylation is 1. The summed E-state index contributed by atoms with van der Waals surface area (Å²) in [5, 5.41) is 4.60. The molecule has 0 aliphatic rings. The normalized spacial score (nSPS) is 10.7. The highest BCUT2D eigenvalue weighted by molar-refractivity contribution is 8.00. The van der Waals surface area contributed by atoms with Gasteiger partial charge in [-0.15, -0.1) is 0 Å². The number of fused-ring (bicyclic) bond motifs is 1. The summed E-state index contributed by atoms with van der Waals surface area (Å²) in [6, 6.07) is 14.8. The zero-order valence-electron chi connectivity index (χ0n) is 16.1. The van der Waals surface area contributed by atoms with Gasteiger partial charge in [0.1, 0.15) is 10.8 Å². The van der Waals surface area contributed by atoms with Crippen molar-refractivity contribution in [3.63, 3.8) is 0 Å². The Hall–Kier alpha value is -2.86. The van der Waals surface area contributed by atoms with Gasteiger partial charge >= 0.3 is 0 Å². The van der Waals surface area contributed by atoms with Gasteiger partial charge in [-0.1, -0.05) is 18.7 Å². The molecule has 144 valence electrons. The summed E-state index contributed by atoms with van der Waals surface area (Å²) in [6.07, 6.45) is 0.835. The van der Waals surface area contributed by atoms with Gasteiger partial charge in [-0.05, 0) is 60.5 Å². The standard InChI is InChI=1S/C22H22N2O3S/c1-4-15-11-17-12-19(27-3)9-10-20(17)24-22(15)28-13-21(26)16-5-7-18(8-6-16)23-14(2)25/h5-12H,4,13H2,1-3H3,(H,23,25). The summed E-state index contributed by atoms with van der Waals surface area (Å²) in [7, 11) is 1.65. The van der Waals surface area contributed by atoms with E-state index in [1.807, 2.05) is 18.2 Å². The maximum Gasteiger partial charge on any atom is 0.221 e. The number of nitrogens with zero attached hydrogens (tertiary/aromatic N) is 1. The van der Waals surface area contributed by atoms with Gasteiger partial charge in [-0.25, -0.2) is 4.98 Å². The van der Waals surface area contributed by atoms with E-state index in [4.69, 9.17) is 9.72 Å². The van der Waals surface area contributed by atoms with Gasteiger partial charge in [0.05, 0.1) is 18.4 Å². The van der Waals surface area contributed by atoms with E-state index in [9.17, 15) is 9.59 Å². The number of anilines is 1. The molecule has 5 nitrogen and oxygen atoms in total. The third kappa shape index (κ3) is 4.70. The lowest BCUT2D eigenvalue weighted by Gasteiger charge is -2.10. The number of ether oxygens (including phenoxy) is 1. The van der Waals surface area contributed by atoms with Gasteiger partial charge in [0.25, 0.3) is 0 Å². The number of hydrogen-bond acceptors (Lipinski definition) is 5. The number of methoxy groups -OCH3 is 1. The van der Waals surface area contributed by atoms with Crippen molar-refractivity contribution in [1.29, 1.82) is 0 Å². The summed E-state index contributed by atoms with van der Waals surface area (Å²) < 4.78 is 5.28. The van der Waals surface area contributed by atoms with Crippen molar-refractivity contribution in [3.05, 3.63) is 59.7 Å². The highest BCUT2D eigenvalue weighted by Gasteiger charge is 2.12. The molecule has 28 heavy (non-hydrogen) atoms. The number of benzene rings is 2.